The van der Waals surface area contributed by atoms with Gasteiger partial charge in [-0.05, 0) is 33.1 Å². The van der Waals surface area contributed by atoms with E-state index in [0.717, 1.165) is 25.7 Å². The van der Waals surface area contributed by atoms with Crippen molar-refractivity contribution in [3.8, 4) is 0 Å². The summed E-state index contributed by atoms with van der Waals surface area (Å²) >= 11 is 0. The number of carbonyl (C=O) groups is 1. The van der Waals surface area contributed by atoms with Crippen molar-refractivity contribution in [2.24, 2.45) is 5.41 Å². The fourth-order valence-corrected chi connectivity index (χ4v) is 3.39. The van der Waals surface area contributed by atoms with Gasteiger partial charge in [0, 0.05) is 20.0 Å². The summed E-state index contributed by atoms with van der Waals surface area (Å²) in [7, 11) is 1.57. The molecular formula is C17H28O6. The average molecular weight is 328 g/mol. The molecular weight excluding hydrogens is 300 g/mol. The zero-order valence-electron chi connectivity index (χ0n) is 14.5. The molecule has 23 heavy (non-hydrogen) atoms. The van der Waals surface area contributed by atoms with Gasteiger partial charge in [-0.25, -0.2) is 0 Å². The van der Waals surface area contributed by atoms with Gasteiger partial charge in [0.25, 0.3) is 0 Å². The first-order chi connectivity index (χ1) is 10.9. The largest absolute Gasteiger partial charge is 0.432 e. The Bertz CT molecular complexity index is 442. The Labute approximate surface area is 137 Å². The summed E-state index contributed by atoms with van der Waals surface area (Å²) < 4.78 is 29.1. The van der Waals surface area contributed by atoms with Crippen LogP contribution in [-0.4, -0.2) is 43.7 Å². The first-order valence-electron chi connectivity index (χ1n) is 8.66. The van der Waals surface area contributed by atoms with Crippen LogP contribution in [0.3, 0.4) is 0 Å². The Hall–Kier alpha value is -0.690. The molecule has 2 saturated heterocycles. The Morgan fingerprint density at radius 3 is 2.30 bits per heavy atom. The summed E-state index contributed by atoms with van der Waals surface area (Å²) in [5, 5.41) is 0. The molecule has 3 fully saturated rings. The van der Waals surface area contributed by atoms with Crippen LogP contribution in [0.15, 0.2) is 0 Å². The van der Waals surface area contributed by atoms with Gasteiger partial charge in [-0.15, -0.1) is 0 Å². The maximum Gasteiger partial charge on any atom is 0.313 e. The Morgan fingerprint density at radius 1 is 1.13 bits per heavy atom. The summed E-state index contributed by atoms with van der Waals surface area (Å²) in [4.78, 5) is 12.4. The van der Waals surface area contributed by atoms with Crippen LogP contribution in [-0.2, 0) is 28.5 Å². The molecule has 3 rings (SSSR count). The molecule has 0 aromatic heterocycles. The van der Waals surface area contributed by atoms with Gasteiger partial charge in [-0.3, -0.25) is 4.79 Å². The molecule has 3 aliphatic rings. The van der Waals surface area contributed by atoms with Crippen molar-refractivity contribution in [1.82, 2.24) is 0 Å². The third kappa shape index (κ3) is 3.14. The monoisotopic (exact) mass is 328 g/mol. The van der Waals surface area contributed by atoms with E-state index in [9.17, 15) is 4.79 Å². The van der Waals surface area contributed by atoms with Gasteiger partial charge in [-0.1, -0.05) is 13.3 Å². The summed E-state index contributed by atoms with van der Waals surface area (Å²) in [6, 6.07) is 0. The van der Waals surface area contributed by atoms with Gasteiger partial charge in [0.1, 0.15) is 6.10 Å². The molecule has 4 unspecified atom stereocenters. The minimum absolute atomic E-state index is 0.284. The minimum Gasteiger partial charge on any atom is -0.432 e. The predicted molar refractivity (Wildman–Crippen MR) is 81.4 cm³/mol. The highest BCUT2D eigenvalue weighted by Gasteiger charge is 2.60. The summed E-state index contributed by atoms with van der Waals surface area (Å²) in [6.45, 7) is 5.69. The summed E-state index contributed by atoms with van der Waals surface area (Å²) in [6.07, 6.45) is 3.72. The lowest BCUT2D eigenvalue weighted by atomic mass is 9.91. The zero-order valence-corrected chi connectivity index (χ0v) is 14.5. The highest BCUT2D eigenvalue weighted by atomic mass is 16.8. The molecule has 132 valence electrons. The maximum absolute atomic E-state index is 12.4. The van der Waals surface area contributed by atoms with Crippen molar-refractivity contribution >= 4 is 5.97 Å². The van der Waals surface area contributed by atoms with E-state index in [1.165, 1.54) is 6.42 Å². The Morgan fingerprint density at radius 2 is 1.74 bits per heavy atom. The lowest BCUT2D eigenvalue weighted by Gasteiger charge is -2.34. The molecule has 2 aliphatic heterocycles. The van der Waals surface area contributed by atoms with Crippen LogP contribution < -0.4 is 0 Å². The van der Waals surface area contributed by atoms with Crippen LogP contribution >= 0.6 is 0 Å². The van der Waals surface area contributed by atoms with Crippen molar-refractivity contribution in [1.29, 1.82) is 0 Å². The second-order valence-electron chi connectivity index (χ2n) is 7.39. The van der Waals surface area contributed by atoms with Crippen LogP contribution in [0.2, 0.25) is 0 Å². The molecule has 0 aromatic carbocycles. The number of methoxy groups -OCH3 is 1. The third-order valence-corrected chi connectivity index (χ3v) is 5.34. The van der Waals surface area contributed by atoms with E-state index in [4.69, 9.17) is 23.7 Å². The number of fused-ring (bicyclic) bond motifs is 1. The van der Waals surface area contributed by atoms with E-state index < -0.39 is 29.9 Å². The highest BCUT2D eigenvalue weighted by molar-refractivity contribution is 5.76. The van der Waals surface area contributed by atoms with E-state index in [1.54, 1.807) is 7.11 Å². The Kier molecular flexibility index (Phi) is 4.71. The smallest absolute Gasteiger partial charge is 0.313 e. The van der Waals surface area contributed by atoms with Crippen molar-refractivity contribution in [2.45, 2.75) is 89.9 Å². The molecule has 0 amide bonds. The molecule has 1 aliphatic carbocycles. The molecule has 4 atom stereocenters. The third-order valence-electron chi connectivity index (χ3n) is 5.34. The topological polar surface area (TPSA) is 63.2 Å². The SMILES string of the molecule is CCC(C)(C)C(=O)OC1OC(OC)C2OC3(CCCCC3)OC12. The zero-order chi connectivity index (χ0) is 16.7. The van der Waals surface area contributed by atoms with Crippen LogP contribution in [0.4, 0.5) is 0 Å². The fourth-order valence-electron chi connectivity index (χ4n) is 3.39. The first-order valence-corrected chi connectivity index (χ1v) is 8.66. The lowest BCUT2D eigenvalue weighted by Crippen LogP contribution is -2.39. The van der Waals surface area contributed by atoms with E-state index in [1.807, 2.05) is 20.8 Å². The van der Waals surface area contributed by atoms with Crippen molar-refractivity contribution in [3.05, 3.63) is 0 Å². The number of hydrogen-bond acceptors (Lipinski definition) is 6. The van der Waals surface area contributed by atoms with E-state index >= 15 is 0 Å². The van der Waals surface area contributed by atoms with Crippen LogP contribution in [0.5, 0.6) is 0 Å². The first kappa shape index (κ1) is 17.1. The molecule has 0 N–H and O–H groups in total. The molecule has 1 saturated carbocycles. The van der Waals surface area contributed by atoms with Crippen LogP contribution in [0.25, 0.3) is 0 Å². The van der Waals surface area contributed by atoms with Gasteiger partial charge >= 0.3 is 5.97 Å². The Balaban J connectivity index is 1.71. The second-order valence-corrected chi connectivity index (χ2v) is 7.39. The molecule has 0 aromatic rings. The van der Waals surface area contributed by atoms with Crippen molar-refractivity contribution in [3.63, 3.8) is 0 Å². The molecule has 6 nitrogen and oxygen atoms in total. The van der Waals surface area contributed by atoms with Crippen molar-refractivity contribution in [2.75, 3.05) is 7.11 Å². The number of hydrogen-bond donors (Lipinski definition) is 0. The summed E-state index contributed by atoms with van der Waals surface area (Å²) in [5.74, 6) is -0.840. The molecule has 2 heterocycles. The normalized spacial score (nSPS) is 36.2. The van der Waals surface area contributed by atoms with Gasteiger partial charge in [0.05, 0.1) is 5.41 Å². The molecule has 1 spiro atoms. The minimum atomic E-state index is -0.774. The predicted octanol–water partition coefficient (Wildman–Crippen LogP) is 2.74. The second kappa shape index (κ2) is 6.31. The van der Waals surface area contributed by atoms with Crippen LogP contribution in [0, 0.1) is 5.41 Å². The van der Waals surface area contributed by atoms with Gasteiger partial charge in [0.2, 0.25) is 6.29 Å². The molecule has 0 bridgehead atoms. The maximum atomic E-state index is 12.4. The van der Waals surface area contributed by atoms with E-state index in [2.05, 4.69) is 0 Å². The lowest BCUT2D eigenvalue weighted by molar-refractivity contribution is -0.282. The quantitative estimate of drug-likeness (QED) is 0.740. The summed E-state index contributed by atoms with van der Waals surface area (Å²) in [5.41, 5.74) is -0.550. The number of esters is 1. The van der Waals surface area contributed by atoms with Gasteiger partial charge in [-0.2, -0.15) is 0 Å². The highest BCUT2D eigenvalue weighted by Crippen LogP contribution is 2.46. The van der Waals surface area contributed by atoms with E-state index in [0.29, 0.717) is 6.42 Å². The van der Waals surface area contributed by atoms with Crippen LogP contribution in [0.1, 0.15) is 59.3 Å². The van der Waals surface area contributed by atoms with Crippen molar-refractivity contribution < 1.29 is 28.5 Å². The number of rotatable bonds is 4. The molecule has 0 radical (unpaired) electrons. The van der Waals surface area contributed by atoms with Gasteiger partial charge < -0.3 is 23.7 Å². The number of carbonyl (C=O) groups excluding carboxylic acids is 1. The molecule has 6 heteroatoms. The fraction of sp³-hybridized carbons (Fsp3) is 0.941. The van der Waals surface area contributed by atoms with Gasteiger partial charge in [0.15, 0.2) is 18.2 Å². The average Bonchev–Trinajstić information content (AvgIpc) is 3.04. The van der Waals surface area contributed by atoms with E-state index in [-0.39, 0.29) is 12.1 Å². The number of ether oxygens (including phenoxy) is 5. The standard InChI is InChI=1S/C17H28O6/c1-5-16(2,3)15(18)21-14-12-11(13(19-4)20-14)22-17(23-12)9-7-6-8-10-17/h11-14H,5-10H2,1-4H3.